The third-order valence-electron chi connectivity index (χ3n) is 2.26. The van der Waals surface area contributed by atoms with Crippen LogP contribution in [-0.2, 0) is 9.53 Å². The van der Waals surface area contributed by atoms with Crippen LogP contribution in [-0.4, -0.2) is 24.3 Å². The van der Waals surface area contributed by atoms with Crippen LogP contribution in [0.15, 0.2) is 43.0 Å². The topological polar surface area (TPSA) is 46.5 Å². The zero-order chi connectivity index (χ0) is 11.3. The van der Waals surface area contributed by atoms with E-state index in [1.54, 1.807) is 6.08 Å². The van der Waals surface area contributed by atoms with Gasteiger partial charge in [-0.3, -0.25) is 0 Å². The molecule has 80 valence electrons. The van der Waals surface area contributed by atoms with Crippen molar-refractivity contribution in [2.45, 2.75) is 12.0 Å². The van der Waals surface area contributed by atoms with Crippen LogP contribution in [0.1, 0.15) is 11.5 Å². The summed E-state index contributed by atoms with van der Waals surface area (Å²) in [6, 6.07) is 9.33. The van der Waals surface area contributed by atoms with Crippen molar-refractivity contribution in [3.8, 4) is 0 Å². The van der Waals surface area contributed by atoms with E-state index in [-0.39, 0.29) is 5.92 Å². The summed E-state index contributed by atoms with van der Waals surface area (Å²) in [5, 5.41) is 8.96. The Morgan fingerprint density at radius 1 is 1.47 bits per heavy atom. The second-order valence-electron chi connectivity index (χ2n) is 3.17. The molecule has 1 aromatic rings. The second kappa shape index (κ2) is 5.32. The van der Waals surface area contributed by atoms with Gasteiger partial charge in [0.15, 0.2) is 6.10 Å². The Morgan fingerprint density at radius 2 is 2.07 bits per heavy atom. The van der Waals surface area contributed by atoms with Crippen LogP contribution in [0.5, 0.6) is 0 Å². The SMILES string of the molecule is C=CC(c1ccccc1)C(OC)C(=O)O. The van der Waals surface area contributed by atoms with Crippen LogP contribution >= 0.6 is 0 Å². The van der Waals surface area contributed by atoms with Crippen LogP contribution in [0.25, 0.3) is 0 Å². The van der Waals surface area contributed by atoms with E-state index in [0.29, 0.717) is 0 Å². The van der Waals surface area contributed by atoms with Crippen molar-refractivity contribution in [1.29, 1.82) is 0 Å². The Bertz CT molecular complexity index is 332. The Balaban J connectivity index is 2.97. The van der Waals surface area contributed by atoms with Crippen molar-refractivity contribution in [3.63, 3.8) is 0 Å². The summed E-state index contributed by atoms with van der Waals surface area (Å²) >= 11 is 0. The van der Waals surface area contributed by atoms with Gasteiger partial charge in [-0.05, 0) is 5.56 Å². The van der Waals surface area contributed by atoms with E-state index in [2.05, 4.69) is 6.58 Å². The molecule has 2 unspecified atom stereocenters. The molecule has 15 heavy (non-hydrogen) atoms. The molecular formula is C12H14O3. The Hall–Kier alpha value is -1.61. The van der Waals surface area contributed by atoms with Gasteiger partial charge in [0, 0.05) is 13.0 Å². The van der Waals surface area contributed by atoms with Gasteiger partial charge < -0.3 is 9.84 Å². The fourth-order valence-electron chi connectivity index (χ4n) is 1.51. The molecular weight excluding hydrogens is 192 g/mol. The Morgan fingerprint density at radius 3 is 2.47 bits per heavy atom. The number of carbonyl (C=O) groups is 1. The van der Waals surface area contributed by atoms with Gasteiger partial charge in [0.2, 0.25) is 0 Å². The number of hydrogen-bond donors (Lipinski definition) is 1. The number of rotatable bonds is 5. The zero-order valence-corrected chi connectivity index (χ0v) is 8.59. The normalized spacial score (nSPS) is 14.2. The molecule has 0 aliphatic heterocycles. The lowest BCUT2D eigenvalue weighted by Gasteiger charge is -2.19. The van der Waals surface area contributed by atoms with E-state index in [1.165, 1.54) is 7.11 Å². The van der Waals surface area contributed by atoms with Crippen molar-refractivity contribution < 1.29 is 14.6 Å². The van der Waals surface area contributed by atoms with E-state index in [1.807, 2.05) is 30.3 Å². The number of methoxy groups -OCH3 is 1. The molecule has 3 heteroatoms. The summed E-state index contributed by atoms with van der Waals surface area (Å²) in [6.07, 6.45) is 0.711. The Kier molecular flexibility index (Phi) is 4.06. The summed E-state index contributed by atoms with van der Waals surface area (Å²) in [5.41, 5.74) is 0.891. The quantitative estimate of drug-likeness (QED) is 0.750. The molecule has 0 heterocycles. The van der Waals surface area contributed by atoms with Crippen molar-refractivity contribution in [3.05, 3.63) is 48.6 Å². The average Bonchev–Trinajstić information content (AvgIpc) is 2.26. The molecule has 3 nitrogen and oxygen atoms in total. The molecule has 0 spiro atoms. The fraction of sp³-hybridized carbons (Fsp3) is 0.250. The fourth-order valence-corrected chi connectivity index (χ4v) is 1.51. The van der Waals surface area contributed by atoms with Gasteiger partial charge >= 0.3 is 5.97 Å². The third-order valence-corrected chi connectivity index (χ3v) is 2.26. The number of benzene rings is 1. The lowest BCUT2D eigenvalue weighted by molar-refractivity contribution is -0.149. The van der Waals surface area contributed by atoms with Gasteiger partial charge in [-0.25, -0.2) is 4.79 Å². The van der Waals surface area contributed by atoms with Crippen LogP contribution in [0.2, 0.25) is 0 Å². The maximum Gasteiger partial charge on any atom is 0.333 e. The molecule has 0 saturated heterocycles. The van der Waals surface area contributed by atoms with Crippen LogP contribution in [0.3, 0.4) is 0 Å². The van der Waals surface area contributed by atoms with E-state index in [4.69, 9.17) is 9.84 Å². The van der Waals surface area contributed by atoms with E-state index < -0.39 is 12.1 Å². The largest absolute Gasteiger partial charge is 0.479 e. The number of ether oxygens (including phenoxy) is 1. The highest BCUT2D eigenvalue weighted by atomic mass is 16.5. The van der Waals surface area contributed by atoms with E-state index in [0.717, 1.165) is 5.56 Å². The molecule has 0 bridgehead atoms. The standard InChI is InChI=1S/C12H14O3/c1-3-10(11(15-2)12(13)14)9-7-5-4-6-8-9/h3-8,10-11H,1H2,2H3,(H,13,14). The minimum atomic E-state index is -0.980. The first-order valence-corrected chi connectivity index (χ1v) is 4.63. The molecule has 1 aromatic carbocycles. The maximum absolute atomic E-state index is 10.9. The first-order chi connectivity index (χ1) is 7.20. The van der Waals surface area contributed by atoms with Crippen LogP contribution < -0.4 is 0 Å². The highest BCUT2D eigenvalue weighted by molar-refractivity contribution is 5.74. The predicted molar refractivity (Wildman–Crippen MR) is 57.8 cm³/mol. The zero-order valence-electron chi connectivity index (χ0n) is 8.59. The van der Waals surface area contributed by atoms with Crippen LogP contribution in [0, 0.1) is 0 Å². The average molecular weight is 206 g/mol. The molecule has 0 aliphatic carbocycles. The molecule has 1 N–H and O–H groups in total. The van der Waals surface area contributed by atoms with E-state index in [9.17, 15) is 4.79 Å². The number of carboxylic acids is 1. The third kappa shape index (κ3) is 2.67. The predicted octanol–water partition coefficient (Wildman–Crippen LogP) is 2.06. The Labute approximate surface area is 89.0 Å². The lowest BCUT2D eigenvalue weighted by atomic mass is 9.93. The van der Waals surface area contributed by atoms with E-state index >= 15 is 0 Å². The van der Waals surface area contributed by atoms with Crippen molar-refractivity contribution in [2.75, 3.05) is 7.11 Å². The summed E-state index contributed by atoms with van der Waals surface area (Å²) in [7, 11) is 1.39. The van der Waals surface area contributed by atoms with Gasteiger partial charge in [0.05, 0.1) is 0 Å². The number of aliphatic carboxylic acids is 1. The summed E-state index contributed by atoms with van der Waals surface area (Å²) < 4.78 is 4.95. The lowest BCUT2D eigenvalue weighted by Crippen LogP contribution is -2.28. The first-order valence-electron chi connectivity index (χ1n) is 4.63. The van der Waals surface area contributed by atoms with Crippen molar-refractivity contribution >= 4 is 5.97 Å². The van der Waals surface area contributed by atoms with Crippen molar-refractivity contribution in [1.82, 2.24) is 0 Å². The van der Waals surface area contributed by atoms with Gasteiger partial charge in [-0.2, -0.15) is 0 Å². The molecule has 1 rings (SSSR count). The molecule has 2 atom stereocenters. The van der Waals surface area contributed by atoms with Gasteiger partial charge in [0.1, 0.15) is 0 Å². The smallest absolute Gasteiger partial charge is 0.333 e. The summed E-state index contributed by atoms with van der Waals surface area (Å²) in [4.78, 5) is 10.9. The molecule has 0 amide bonds. The summed E-state index contributed by atoms with van der Waals surface area (Å²) in [6.45, 7) is 3.65. The second-order valence-corrected chi connectivity index (χ2v) is 3.17. The van der Waals surface area contributed by atoms with Crippen molar-refractivity contribution in [2.24, 2.45) is 0 Å². The molecule has 0 fully saturated rings. The minimum Gasteiger partial charge on any atom is -0.479 e. The monoisotopic (exact) mass is 206 g/mol. The summed E-state index contributed by atoms with van der Waals surface area (Å²) in [5.74, 6) is -1.31. The van der Waals surface area contributed by atoms with Gasteiger partial charge in [0.25, 0.3) is 0 Å². The molecule has 0 saturated carbocycles. The first kappa shape index (κ1) is 11.5. The highest BCUT2D eigenvalue weighted by Crippen LogP contribution is 2.22. The van der Waals surface area contributed by atoms with Crippen LogP contribution in [0.4, 0.5) is 0 Å². The molecule has 0 aliphatic rings. The number of hydrogen-bond acceptors (Lipinski definition) is 2. The molecule has 0 radical (unpaired) electrons. The minimum absolute atomic E-state index is 0.325. The highest BCUT2D eigenvalue weighted by Gasteiger charge is 2.26. The number of carboxylic acid groups (broad SMARTS) is 1. The maximum atomic E-state index is 10.9. The van der Waals surface area contributed by atoms with Gasteiger partial charge in [-0.15, -0.1) is 6.58 Å². The molecule has 0 aromatic heterocycles. The van der Waals surface area contributed by atoms with Gasteiger partial charge in [-0.1, -0.05) is 36.4 Å².